The smallest absolute Gasteiger partial charge is 0.197 e. The van der Waals surface area contributed by atoms with Crippen molar-refractivity contribution >= 4 is 33.4 Å². The van der Waals surface area contributed by atoms with E-state index in [2.05, 4.69) is 16.7 Å². The van der Waals surface area contributed by atoms with Crippen LogP contribution in [0.25, 0.3) is 21.8 Å². The van der Waals surface area contributed by atoms with Gasteiger partial charge in [0.05, 0.1) is 11.0 Å². The molecule has 1 aromatic heterocycles. The average Bonchev–Trinajstić information content (AvgIpc) is 2.59. The molecule has 0 aliphatic rings. The summed E-state index contributed by atoms with van der Waals surface area (Å²) in [7, 11) is 0. The number of fused-ring (bicyclic) bond motifs is 2. The molecule has 0 atom stereocenters. The maximum atomic E-state index is 12.8. The Morgan fingerprint density at radius 3 is 2.30 bits per heavy atom. The number of halogens is 1. The maximum absolute atomic E-state index is 12.8. The van der Waals surface area contributed by atoms with Crippen molar-refractivity contribution < 1.29 is 0 Å². The molecule has 1 heterocycles. The van der Waals surface area contributed by atoms with Crippen molar-refractivity contribution in [3.05, 3.63) is 93.6 Å². The monoisotopic (exact) mass is 319 g/mol. The minimum atomic E-state index is 0.0300. The average molecular weight is 320 g/mol. The first-order valence-corrected chi connectivity index (χ1v) is 7.86. The van der Waals surface area contributed by atoms with Crippen LogP contribution < -0.4 is 5.43 Å². The number of hydrogen-bond donors (Lipinski definition) is 0. The highest BCUT2D eigenvalue weighted by molar-refractivity contribution is 6.31. The normalized spacial score (nSPS) is 11.2. The van der Waals surface area contributed by atoms with E-state index in [0.29, 0.717) is 17.0 Å². The third-order valence-corrected chi connectivity index (χ3v) is 4.35. The predicted molar refractivity (Wildman–Crippen MR) is 96.3 cm³/mol. The molecule has 3 heteroatoms. The lowest BCUT2D eigenvalue weighted by Gasteiger charge is -2.15. The van der Waals surface area contributed by atoms with Gasteiger partial charge in [0.25, 0.3) is 0 Å². The summed E-state index contributed by atoms with van der Waals surface area (Å²) in [4.78, 5) is 12.8. The minimum Gasteiger partial charge on any atom is -0.336 e. The van der Waals surface area contributed by atoms with Gasteiger partial charge >= 0.3 is 0 Å². The van der Waals surface area contributed by atoms with Gasteiger partial charge in [-0.05, 0) is 35.9 Å². The maximum Gasteiger partial charge on any atom is 0.197 e. The summed E-state index contributed by atoms with van der Waals surface area (Å²) < 4.78 is 2.18. The Labute approximate surface area is 138 Å². The molecule has 4 aromatic rings. The SMILES string of the molecule is O=c1c2ccccc2n(Cc2ccccc2)c2ccc(Cl)cc12. The molecular weight excluding hydrogens is 306 g/mol. The summed E-state index contributed by atoms with van der Waals surface area (Å²) in [6.45, 7) is 0.708. The summed E-state index contributed by atoms with van der Waals surface area (Å²) in [6, 6.07) is 23.5. The van der Waals surface area contributed by atoms with Gasteiger partial charge in [0.2, 0.25) is 0 Å². The number of benzene rings is 3. The van der Waals surface area contributed by atoms with Gasteiger partial charge in [-0.2, -0.15) is 0 Å². The second-order valence-corrected chi connectivity index (χ2v) is 6.02. The van der Waals surface area contributed by atoms with Gasteiger partial charge in [0.1, 0.15) is 0 Å². The Bertz CT molecular complexity index is 1070. The second-order valence-electron chi connectivity index (χ2n) is 5.58. The molecule has 2 nitrogen and oxygen atoms in total. The molecule has 0 amide bonds. The van der Waals surface area contributed by atoms with Crippen LogP contribution in [0.15, 0.2) is 77.6 Å². The fourth-order valence-electron chi connectivity index (χ4n) is 3.04. The molecule has 0 saturated heterocycles. The van der Waals surface area contributed by atoms with Crippen LogP contribution in [0.4, 0.5) is 0 Å². The van der Waals surface area contributed by atoms with E-state index in [0.717, 1.165) is 16.4 Å². The lowest BCUT2D eigenvalue weighted by molar-refractivity contribution is 0.862. The first-order valence-electron chi connectivity index (χ1n) is 7.49. The van der Waals surface area contributed by atoms with Crippen LogP contribution in [-0.4, -0.2) is 4.57 Å². The third kappa shape index (κ3) is 2.41. The van der Waals surface area contributed by atoms with Crippen LogP contribution in [0, 0.1) is 0 Å². The molecule has 0 saturated carbocycles. The van der Waals surface area contributed by atoms with Crippen LogP contribution in [-0.2, 0) is 6.54 Å². The lowest BCUT2D eigenvalue weighted by Crippen LogP contribution is -2.12. The number of hydrogen-bond acceptors (Lipinski definition) is 1. The fraction of sp³-hybridized carbons (Fsp3) is 0.0500. The predicted octanol–water partition coefficient (Wildman–Crippen LogP) is 4.86. The fourth-order valence-corrected chi connectivity index (χ4v) is 3.21. The molecule has 0 unspecified atom stereocenters. The van der Waals surface area contributed by atoms with Crippen molar-refractivity contribution in [1.29, 1.82) is 0 Å². The van der Waals surface area contributed by atoms with E-state index in [1.54, 1.807) is 6.07 Å². The zero-order valence-electron chi connectivity index (χ0n) is 12.4. The number of para-hydroxylation sites is 1. The third-order valence-electron chi connectivity index (χ3n) is 4.12. The van der Waals surface area contributed by atoms with Crippen molar-refractivity contribution in [2.75, 3.05) is 0 Å². The molecule has 0 aliphatic heterocycles. The molecule has 4 rings (SSSR count). The van der Waals surface area contributed by atoms with E-state index in [4.69, 9.17) is 11.6 Å². The summed E-state index contributed by atoms with van der Waals surface area (Å²) >= 11 is 6.11. The number of rotatable bonds is 2. The van der Waals surface area contributed by atoms with Gasteiger partial charge < -0.3 is 4.57 Å². The largest absolute Gasteiger partial charge is 0.336 e. The van der Waals surface area contributed by atoms with E-state index >= 15 is 0 Å². The van der Waals surface area contributed by atoms with Crippen LogP contribution >= 0.6 is 11.6 Å². The standard InChI is InChI=1S/C20H14ClNO/c21-15-10-11-19-17(12-15)20(23)16-8-4-5-9-18(16)22(19)13-14-6-2-1-3-7-14/h1-12H,13H2. The molecule has 0 fully saturated rings. The molecule has 0 N–H and O–H groups in total. The second kappa shape index (κ2) is 5.56. The summed E-state index contributed by atoms with van der Waals surface area (Å²) in [5, 5.41) is 1.96. The molecule has 0 aliphatic carbocycles. The van der Waals surface area contributed by atoms with E-state index in [-0.39, 0.29) is 5.43 Å². The minimum absolute atomic E-state index is 0.0300. The van der Waals surface area contributed by atoms with Crippen molar-refractivity contribution in [2.45, 2.75) is 6.54 Å². The Balaban J connectivity index is 2.10. The Morgan fingerprint density at radius 2 is 1.48 bits per heavy atom. The van der Waals surface area contributed by atoms with E-state index < -0.39 is 0 Å². The van der Waals surface area contributed by atoms with Gasteiger partial charge in [0, 0.05) is 22.3 Å². The Kier molecular flexibility index (Phi) is 3.40. The highest BCUT2D eigenvalue weighted by Gasteiger charge is 2.11. The van der Waals surface area contributed by atoms with Crippen LogP contribution in [0.3, 0.4) is 0 Å². The highest BCUT2D eigenvalue weighted by atomic mass is 35.5. The first kappa shape index (κ1) is 14.0. The van der Waals surface area contributed by atoms with Crippen molar-refractivity contribution in [2.24, 2.45) is 0 Å². The molecule has 23 heavy (non-hydrogen) atoms. The number of nitrogens with zero attached hydrogens (tertiary/aromatic N) is 1. The summed E-state index contributed by atoms with van der Waals surface area (Å²) in [5.74, 6) is 0. The van der Waals surface area contributed by atoms with Gasteiger partial charge in [-0.1, -0.05) is 54.1 Å². The quantitative estimate of drug-likeness (QED) is 0.484. The van der Waals surface area contributed by atoms with E-state index in [1.165, 1.54) is 5.56 Å². The zero-order chi connectivity index (χ0) is 15.8. The van der Waals surface area contributed by atoms with Crippen LogP contribution in [0.2, 0.25) is 5.02 Å². The Hall–Kier alpha value is -2.58. The number of aromatic nitrogens is 1. The molecular formula is C20H14ClNO. The summed E-state index contributed by atoms with van der Waals surface area (Å²) in [6.07, 6.45) is 0. The van der Waals surface area contributed by atoms with Gasteiger partial charge in [-0.15, -0.1) is 0 Å². The summed E-state index contributed by atoms with van der Waals surface area (Å²) in [5.41, 5.74) is 3.07. The van der Waals surface area contributed by atoms with Gasteiger partial charge in [-0.3, -0.25) is 4.79 Å². The Morgan fingerprint density at radius 1 is 0.783 bits per heavy atom. The molecule has 0 spiro atoms. The molecule has 3 aromatic carbocycles. The lowest BCUT2D eigenvalue weighted by atomic mass is 10.1. The van der Waals surface area contributed by atoms with E-state index in [1.807, 2.05) is 54.6 Å². The van der Waals surface area contributed by atoms with Gasteiger partial charge in [0.15, 0.2) is 5.43 Å². The van der Waals surface area contributed by atoms with E-state index in [9.17, 15) is 4.79 Å². The first-order chi connectivity index (χ1) is 11.2. The molecule has 0 bridgehead atoms. The number of pyridine rings is 1. The van der Waals surface area contributed by atoms with Gasteiger partial charge in [-0.25, -0.2) is 0 Å². The van der Waals surface area contributed by atoms with Crippen molar-refractivity contribution in [3.63, 3.8) is 0 Å². The van der Waals surface area contributed by atoms with Crippen LogP contribution in [0.5, 0.6) is 0 Å². The van der Waals surface area contributed by atoms with Crippen LogP contribution in [0.1, 0.15) is 5.56 Å². The van der Waals surface area contributed by atoms with Crippen molar-refractivity contribution in [1.82, 2.24) is 4.57 Å². The zero-order valence-corrected chi connectivity index (χ0v) is 13.1. The molecule has 112 valence electrons. The topological polar surface area (TPSA) is 22.0 Å². The molecule has 0 radical (unpaired) electrons. The van der Waals surface area contributed by atoms with Crippen molar-refractivity contribution in [3.8, 4) is 0 Å². The highest BCUT2D eigenvalue weighted by Crippen LogP contribution is 2.23.